The molecule has 1 amide bonds. The number of anilines is 1. The van der Waals surface area contributed by atoms with Crippen LogP contribution in [0.5, 0.6) is 0 Å². The molecule has 0 bridgehead atoms. The molecule has 1 spiro atoms. The number of pyridine rings is 1. The molecule has 0 atom stereocenters. The van der Waals surface area contributed by atoms with E-state index in [9.17, 15) is 22.0 Å². The Kier molecular flexibility index (Phi) is 7.11. The molecule has 0 unspecified atom stereocenters. The van der Waals surface area contributed by atoms with Gasteiger partial charge in [-0.2, -0.15) is 0 Å². The van der Waals surface area contributed by atoms with Gasteiger partial charge in [0.15, 0.2) is 5.82 Å². The minimum absolute atomic E-state index is 0.129. The first-order chi connectivity index (χ1) is 19.3. The maximum Gasteiger partial charge on any atom is 0.410 e. The maximum absolute atomic E-state index is 13.8. The Hall–Kier alpha value is -2.67. The molecule has 0 radical (unpaired) electrons. The molecule has 5 heterocycles. The number of aromatic nitrogens is 3. The van der Waals surface area contributed by atoms with Crippen LogP contribution in [0.1, 0.15) is 70.8 Å². The van der Waals surface area contributed by atoms with Gasteiger partial charge in [-0.3, -0.25) is 0 Å². The molecular weight excluding hydrogens is 554 g/mol. The van der Waals surface area contributed by atoms with Gasteiger partial charge in [-0.1, -0.05) is 0 Å². The van der Waals surface area contributed by atoms with Gasteiger partial charge in [-0.05, 0) is 64.9 Å². The number of amides is 1. The first-order valence-electron chi connectivity index (χ1n) is 14.5. The number of rotatable bonds is 6. The molecule has 4 fully saturated rings. The summed E-state index contributed by atoms with van der Waals surface area (Å²) >= 11 is 0. The molecule has 4 aliphatic rings. The molecule has 2 aromatic rings. The van der Waals surface area contributed by atoms with E-state index in [-0.39, 0.29) is 28.4 Å². The Labute approximate surface area is 239 Å². The first-order valence-corrected chi connectivity index (χ1v) is 16.0. The molecule has 3 saturated heterocycles. The van der Waals surface area contributed by atoms with Crippen molar-refractivity contribution in [1.29, 1.82) is 0 Å². The smallest absolute Gasteiger partial charge is 0.410 e. The molecule has 41 heavy (non-hydrogen) atoms. The van der Waals surface area contributed by atoms with Gasteiger partial charge in [0.25, 0.3) is 6.43 Å². The van der Waals surface area contributed by atoms with Crippen molar-refractivity contribution in [1.82, 2.24) is 24.2 Å². The van der Waals surface area contributed by atoms with Gasteiger partial charge in [0.05, 0.1) is 5.25 Å². The number of nitrogens with zero attached hydrogens (tertiary/aromatic N) is 6. The Morgan fingerprint density at radius 1 is 1.10 bits per heavy atom. The molecule has 13 heteroatoms. The summed E-state index contributed by atoms with van der Waals surface area (Å²) in [7, 11) is -3.16. The monoisotopic (exact) mass is 592 g/mol. The summed E-state index contributed by atoms with van der Waals surface area (Å²) < 4.78 is 59.8. The Morgan fingerprint density at radius 2 is 1.80 bits per heavy atom. The fourth-order valence-corrected chi connectivity index (χ4v) is 8.17. The Balaban J connectivity index is 1.16. The number of alkyl halides is 2. The summed E-state index contributed by atoms with van der Waals surface area (Å²) in [5.74, 6) is 1.29. The second kappa shape index (κ2) is 10.3. The van der Waals surface area contributed by atoms with E-state index in [0.717, 1.165) is 32.1 Å². The zero-order chi connectivity index (χ0) is 29.2. The third-order valence-electron chi connectivity index (χ3n) is 8.63. The summed E-state index contributed by atoms with van der Waals surface area (Å²) in [5, 5.41) is 0.319. The normalized spacial score (nSPS) is 22.1. The molecule has 0 aromatic carbocycles. The maximum atomic E-state index is 13.8. The van der Waals surface area contributed by atoms with Crippen LogP contribution in [0.25, 0.3) is 10.9 Å². The molecule has 224 valence electrons. The standard InChI is InChI=1S/C28H38F2N6O4S/c1-27(2,3)40-26(37)34-11-8-28(15-34)16-35(17-28)25-23-19(13-21(32-25)24(29)30)14-31-22(33-23)12-18-6-9-36(10-7-18)41(38,39)20-4-5-20/h13-14,18,20,24H,4-12,15-17H2,1-3H3. The predicted molar refractivity (Wildman–Crippen MR) is 149 cm³/mol. The SMILES string of the molecule is CC(C)(C)OC(=O)N1CCC2(C1)CN(c1nc(C(F)F)cc3cnc(CC4CCN(S(=O)(=O)C5CC5)CC4)nc13)C2. The van der Waals surface area contributed by atoms with Crippen molar-refractivity contribution in [3.8, 4) is 0 Å². The van der Waals surface area contributed by atoms with Crippen LogP contribution in [-0.4, -0.2) is 88.8 Å². The summed E-state index contributed by atoms with van der Waals surface area (Å²) in [4.78, 5) is 29.9. The highest BCUT2D eigenvalue weighted by Gasteiger charge is 2.50. The number of carbonyl (C=O) groups excluding carboxylic acids is 1. The highest BCUT2D eigenvalue weighted by atomic mass is 32.2. The van der Waals surface area contributed by atoms with Crippen LogP contribution >= 0.6 is 0 Å². The van der Waals surface area contributed by atoms with Gasteiger partial charge in [-0.25, -0.2) is 41.3 Å². The molecule has 3 aliphatic heterocycles. The number of hydrogen-bond acceptors (Lipinski definition) is 8. The van der Waals surface area contributed by atoms with Crippen molar-refractivity contribution in [2.75, 3.05) is 44.2 Å². The van der Waals surface area contributed by atoms with Crippen LogP contribution in [0.3, 0.4) is 0 Å². The van der Waals surface area contributed by atoms with Crippen LogP contribution in [0.2, 0.25) is 0 Å². The number of likely N-dealkylation sites (tertiary alicyclic amines) is 1. The van der Waals surface area contributed by atoms with E-state index >= 15 is 0 Å². The average Bonchev–Trinajstić information content (AvgIpc) is 3.65. The van der Waals surface area contributed by atoms with Gasteiger partial charge >= 0.3 is 6.09 Å². The Morgan fingerprint density at radius 3 is 2.44 bits per heavy atom. The van der Waals surface area contributed by atoms with Crippen molar-refractivity contribution in [3.05, 3.63) is 23.8 Å². The van der Waals surface area contributed by atoms with Crippen molar-refractivity contribution < 1.29 is 26.7 Å². The zero-order valence-electron chi connectivity index (χ0n) is 23.9. The van der Waals surface area contributed by atoms with Crippen molar-refractivity contribution >= 4 is 32.8 Å². The molecule has 1 saturated carbocycles. The van der Waals surface area contributed by atoms with E-state index in [1.165, 1.54) is 6.07 Å². The average molecular weight is 593 g/mol. The topological polar surface area (TPSA) is 109 Å². The number of sulfonamides is 1. The van der Waals surface area contributed by atoms with Crippen LogP contribution in [-0.2, 0) is 21.2 Å². The summed E-state index contributed by atoms with van der Waals surface area (Å²) in [6, 6.07) is 1.35. The van der Waals surface area contributed by atoms with E-state index in [0.29, 0.717) is 68.2 Å². The second-order valence-electron chi connectivity index (χ2n) is 13.2. The molecule has 1 aliphatic carbocycles. The van der Waals surface area contributed by atoms with Crippen LogP contribution in [0.4, 0.5) is 19.4 Å². The number of halogens is 2. The molecule has 0 N–H and O–H groups in total. The quantitative estimate of drug-likeness (QED) is 0.492. The minimum Gasteiger partial charge on any atom is -0.444 e. The van der Waals surface area contributed by atoms with Crippen molar-refractivity contribution in [2.24, 2.45) is 11.3 Å². The van der Waals surface area contributed by atoms with E-state index in [1.54, 1.807) is 15.4 Å². The largest absolute Gasteiger partial charge is 0.444 e. The predicted octanol–water partition coefficient (Wildman–Crippen LogP) is 4.16. The lowest BCUT2D eigenvalue weighted by Gasteiger charge is -2.48. The highest BCUT2D eigenvalue weighted by molar-refractivity contribution is 7.90. The van der Waals surface area contributed by atoms with Gasteiger partial charge in [-0.15, -0.1) is 0 Å². The zero-order valence-corrected chi connectivity index (χ0v) is 24.7. The van der Waals surface area contributed by atoms with Crippen LogP contribution in [0, 0.1) is 11.3 Å². The molecule has 2 aromatic heterocycles. The number of fused-ring (bicyclic) bond motifs is 1. The number of piperidine rings is 1. The van der Waals surface area contributed by atoms with E-state index in [2.05, 4.69) is 9.97 Å². The third kappa shape index (κ3) is 5.84. The van der Waals surface area contributed by atoms with Crippen molar-refractivity contribution in [2.45, 2.75) is 76.6 Å². The van der Waals surface area contributed by atoms with Gasteiger partial charge in [0.2, 0.25) is 10.0 Å². The summed E-state index contributed by atoms with van der Waals surface area (Å²) in [5.41, 5.74) is -0.461. The van der Waals surface area contributed by atoms with Crippen molar-refractivity contribution in [3.63, 3.8) is 0 Å². The fourth-order valence-electron chi connectivity index (χ4n) is 6.30. The number of ether oxygens (including phenoxy) is 1. The lowest BCUT2D eigenvalue weighted by Crippen LogP contribution is -2.58. The van der Waals surface area contributed by atoms with Crippen LogP contribution < -0.4 is 4.90 Å². The third-order valence-corrected chi connectivity index (χ3v) is 11.0. The van der Waals surface area contributed by atoms with Crippen LogP contribution in [0.15, 0.2) is 12.3 Å². The van der Waals surface area contributed by atoms with Gasteiger partial charge in [0.1, 0.15) is 22.6 Å². The van der Waals surface area contributed by atoms with E-state index in [4.69, 9.17) is 9.72 Å². The van der Waals surface area contributed by atoms with E-state index < -0.39 is 22.0 Å². The number of carbonyl (C=O) groups is 1. The number of hydrogen-bond donors (Lipinski definition) is 0. The Bertz CT molecular complexity index is 1430. The highest BCUT2D eigenvalue weighted by Crippen LogP contribution is 2.43. The molecular formula is C28H38F2N6O4S. The molecule has 6 rings (SSSR count). The molecule has 10 nitrogen and oxygen atoms in total. The van der Waals surface area contributed by atoms with Gasteiger partial charge < -0.3 is 14.5 Å². The minimum atomic E-state index is -3.16. The fraction of sp³-hybridized carbons (Fsp3) is 0.714. The lowest BCUT2D eigenvalue weighted by molar-refractivity contribution is 0.0265. The van der Waals surface area contributed by atoms with Gasteiger partial charge in [0, 0.05) is 62.7 Å². The van der Waals surface area contributed by atoms with E-state index in [1.807, 2.05) is 25.7 Å². The first kappa shape index (κ1) is 28.4. The second-order valence-corrected chi connectivity index (χ2v) is 15.4. The summed E-state index contributed by atoms with van der Waals surface area (Å²) in [6.07, 6.45) is 2.95. The summed E-state index contributed by atoms with van der Waals surface area (Å²) in [6.45, 7) is 8.88. The lowest BCUT2D eigenvalue weighted by atomic mass is 9.79.